The van der Waals surface area contributed by atoms with Crippen molar-refractivity contribution >= 4 is 11.8 Å². The molecule has 7 heteroatoms. The standard InChI is InChI=1S/C18H30N2O5/c1-6-24-17(21)16(12(2)3)14-11-15(19-25-14)20-9-7-13(8-10-20)18(22-4)23-5/h11-13,16,18H,6-10H2,1-5H3. The van der Waals surface area contributed by atoms with Gasteiger partial charge in [0.05, 0.1) is 6.61 Å². The van der Waals surface area contributed by atoms with E-state index >= 15 is 0 Å². The molecule has 7 nitrogen and oxygen atoms in total. The number of hydrogen-bond donors (Lipinski definition) is 0. The normalized spacial score (nSPS) is 17.3. The minimum atomic E-state index is -0.426. The average Bonchev–Trinajstić information content (AvgIpc) is 3.06. The van der Waals surface area contributed by atoms with E-state index in [0.717, 1.165) is 31.7 Å². The number of anilines is 1. The minimum absolute atomic E-state index is 0.0785. The lowest BCUT2D eigenvalue weighted by atomic mass is 9.93. The summed E-state index contributed by atoms with van der Waals surface area (Å²) in [7, 11) is 3.35. The molecule has 0 radical (unpaired) electrons. The number of esters is 1. The number of carbonyl (C=O) groups is 1. The maximum absolute atomic E-state index is 12.2. The quantitative estimate of drug-likeness (QED) is 0.525. The van der Waals surface area contributed by atoms with Crippen molar-refractivity contribution in [1.82, 2.24) is 5.16 Å². The maximum atomic E-state index is 12.2. The summed E-state index contributed by atoms with van der Waals surface area (Å²) in [5.74, 6) is 1.11. The second-order valence-corrected chi connectivity index (χ2v) is 6.73. The van der Waals surface area contributed by atoms with Crippen LogP contribution in [0.15, 0.2) is 10.6 Å². The van der Waals surface area contributed by atoms with Crippen LogP contribution in [0.2, 0.25) is 0 Å². The summed E-state index contributed by atoms with van der Waals surface area (Å²) >= 11 is 0. The van der Waals surface area contributed by atoms with Gasteiger partial charge < -0.3 is 23.6 Å². The van der Waals surface area contributed by atoms with Crippen LogP contribution in [-0.2, 0) is 19.0 Å². The molecule has 1 aromatic heterocycles. The van der Waals surface area contributed by atoms with Gasteiger partial charge in [0.25, 0.3) is 0 Å². The Morgan fingerprint density at radius 1 is 1.32 bits per heavy atom. The van der Waals surface area contributed by atoms with E-state index < -0.39 is 5.92 Å². The highest BCUT2D eigenvalue weighted by atomic mass is 16.7. The summed E-state index contributed by atoms with van der Waals surface area (Å²) < 4.78 is 21.4. The van der Waals surface area contributed by atoms with Crippen molar-refractivity contribution in [3.8, 4) is 0 Å². The Morgan fingerprint density at radius 3 is 2.48 bits per heavy atom. The molecule has 1 unspecified atom stereocenters. The van der Waals surface area contributed by atoms with Gasteiger partial charge in [0.2, 0.25) is 0 Å². The molecule has 1 aromatic rings. The van der Waals surface area contributed by atoms with Gasteiger partial charge in [-0.05, 0) is 25.7 Å². The molecule has 0 spiro atoms. The molecule has 25 heavy (non-hydrogen) atoms. The van der Waals surface area contributed by atoms with Gasteiger partial charge in [0.1, 0.15) is 5.92 Å². The molecule has 0 amide bonds. The fourth-order valence-corrected chi connectivity index (χ4v) is 3.41. The van der Waals surface area contributed by atoms with Gasteiger partial charge in [-0.1, -0.05) is 19.0 Å². The van der Waals surface area contributed by atoms with Crippen molar-refractivity contribution in [2.45, 2.75) is 45.8 Å². The van der Waals surface area contributed by atoms with Crippen molar-refractivity contribution in [2.24, 2.45) is 11.8 Å². The highest BCUT2D eigenvalue weighted by molar-refractivity contribution is 5.77. The SMILES string of the molecule is CCOC(=O)C(c1cc(N2CCC(C(OC)OC)CC2)no1)C(C)C. The number of nitrogens with zero attached hydrogens (tertiary/aromatic N) is 2. The fraction of sp³-hybridized carbons (Fsp3) is 0.778. The van der Waals surface area contributed by atoms with E-state index in [0.29, 0.717) is 18.3 Å². The molecule has 1 aliphatic heterocycles. The van der Waals surface area contributed by atoms with Gasteiger partial charge in [-0.3, -0.25) is 4.79 Å². The van der Waals surface area contributed by atoms with Crippen LogP contribution >= 0.6 is 0 Å². The van der Waals surface area contributed by atoms with Crippen LogP contribution < -0.4 is 4.90 Å². The highest BCUT2D eigenvalue weighted by Crippen LogP contribution is 2.31. The molecule has 1 saturated heterocycles. The molecule has 0 N–H and O–H groups in total. The first-order valence-corrected chi connectivity index (χ1v) is 8.95. The molecule has 142 valence electrons. The van der Waals surface area contributed by atoms with Gasteiger partial charge in [-0.2, -0.15) is 0 Å². The zero-order valence-electron chi connectivity index (χ0n) is 15.9. The molecular weight excluding hydrogens is 324 g/mol. The summed E-state index contributed by atoms with van der Waals surface area (Å²) in [4.78, 5) is 14.4. The van der Waals surface area contributed by atoms with Gasteiger partial charge in [-0.25, -0.2) is 0 Å². The third-order valence-corrected chi connectivity index (χ3v) is 4.74. The number of carbonyl (C=O) groups excluding carboxylic acids is 1. The lowest BCUT2D eigenvalue weighted by Gasteiger charge is -2.34. The van der Waals surface area contributed by atoms with Crippen molar-refractivity contribution in [3.05, 3.63) is 11.8 Å². The molecule has 0 bridgehead atoms. The van der Waals surface area contributed by atoms with E-state index in [1.54, 1.807) is 21.1 Å². The lowest BCUT2D eigenvalue weighted by molar-refractivity contribution is -0.146. The summed E-state index contributed by atoms with van der Waals surface area (Å²) in [5, 5.41) is 4.18. The van der Waals surface area contributed by atoms with Crippen molar-refractivity contribution in [2.75, 3.05) is 38.8 Å². The summed E-state index contributed by atoms with van der Waals surface area (Å²) in [6.45, 7) is 7.82. The Morgan fingerprint density at radius 2 is 1.96 bits per heavy atom. The third-order valence-electron chi connectivity index (χ3n) is 4.74. The maximum Gasteiger partial charge on any atom is 0.317 e. The minimum Gasteiger partial charge on any atom is -0.465 e. The average molecular weight is 354 g/mol. The molecule has 0 aromatic carbocycles. The van der Waals surface area contributed by atoms with Crippen molar-refractivity contribution < 1.29 is 23.5 Å². The van der Waals surface area contributed by atoms with Crippen LogP contribution in [0.25, 0.3) is 0 Å². The highest BCUT2D eigenvalue weighted by Gasteiger charge is 2.32. The Hall–Kier alpha value is -1.60. The number of aromatic nitrogens is 1. The van der Waals surface area contributed by atoms with Crippen LogP contribution in [0.1, 0.15) is 45.3 Å². The monoisotopic (exact) mass is 354 g/mol. The fourth-order valence-electron chi connectivity index (χ4n) is 3.41. The van der Waals surface area contributed by atoms with Crippen LogP contribution in [-0.4, -0.2) is 51.3 Å². The summed E-state index contributed by atoms with van der Waals surface area (Å²) in [5.41, 5.74) is 0. The van der Waals surface area contributed by atoms with Gasteiger partial charge in [-0.15, -0.1) is 0 Å². The van der Waals surface area contributed by atoms with E-state index in [-0.39, 0.29) is 18.2 Å². The van der Waals surface area contributed by atoms with Crippen molar-refractivity contribution in [3.63, 3.8) is 0 Å². The van der Waals surface area contributed by atoms with Gasteiger partial charge in [0, 0.05) is 39.3 Å². The van der Waals surface area contributed by atoms with Crippen LogP contribution in [0, 0.1) is 11.8 Å². The Balaban J connectivity index is 2.02. The summed E-state index contributed by atoms with van der Waals surface area (Å²) in [6.07, 6.45) is 1.75. The molecule has 0 aliphatic carbocycles. The Labute approximate surface area is 149 Å². The van der Waals surface area contributed by atoms with Crippen LogP contribution in [0.4, 0.5) is 5.82 Å². The molecule has 1 aliphatic rings. The molecule has 1 fully saturated rings. The van der Waals surface area contributed by atoms with E-state index in [4.69, 9.17) is 18.7 Å². The zero-order valence-corrected chi connectivity index (χ0v) is 15.9. The van der Waals surface area contributed by atoms with E-state index in [1.165, 1.54) is 0 Å². The van der Waals surface area contributed by atoms with E-state index in [1.807, 2.05) is 19.9 Å². The zero-order chi connectivity index (χ0) is 18.4. The predicted molar refractivity (Wildman–Crippen MR) is 93.5 cm³/mol. The molecule has 0 saturated carbocycles. The van der Waals surface area contributed by atoms with Crippen LogP contribution in [0.5, 0.6) is 0 Å². The van der Waals surface area contributed by atoms with Crippen LogP contribution in [0.3, 0.4) is 0 Å². The first-order valence-electron chi connectivity index (χ1n) is 8.95. The summed E-state index contributed by atoms with van der Waals surface area (Å²) in [6, 6.07) is 1.87. The number of hydrogen-bond acceptors (Lipinski definition) is 7. The lowest BCUT2D eigenvalue weighted by Crippen LogP contribution is -2.39. The molecular formula is C18H30N2O5. The number of methoxy groups -OCH3 is 2. The number of piperidine rings is 1. The Kier molecular flexibility index (Phi) is 7.25. The topological polar surface area (TPSA) is 74.0 Å². The van der Waals surface area contributed by atoms with E-state index in [2.05, 4.69) is 10.1 Å². The van der Waals surface area contributed by atoms with Crippen molar-refractivity contribution in [1.29, 1.82) is 0 Å². The second kappa shape index (κ2) is 9.20. The number of rotatable bonds is 8. The largest absolute Gasteiger partial charge is 0.465 e. The molecule has 2 rings (SSSR count). The first kappa shape index (κ1) is 19.7. The van der Waals surface area contributed by atoms with Gasteiger partial charge in [0.15, 0.2) is 17.9 Å². The first-order chi connectivity index (χ1) is 12.0. The van der Waals surface area contributed by atoms with E-state index in [9.17, 15) is 4.79 Å². The third kappa shape index (κ3) is 4.73. The smallest absolute Gasteiger partial charge is 0.317 e. The predicted octanol–water partition coefficient (Wildman–Crippen LogP) is 2.81. The number of ether oxygens (including phenoxy) is 3. The molecule has 1 atom stereocenters. The van der Waals surface area contributed by atoms with Gasteiger partial charge >= 0.3 is 5.97 Å². The Bertz CT molecular complexity index is 533. The molecule has 2 heterocycles. The second-order valence-electron chi connectivity index (χ2n) is 6.73.